The van der Waals surface area contributed by atoms with E-state index < -0.39 is 0 Å². The highest BCUT2D eigenvalue weighted by atomic mass is 16.2. The van der Waals surface area contributed by atoms with E-state index in [0.29, 0.717) is 24.2 Å². The molecule has 0 saturated heterocycles. The van der Waals surface area contributed by atoms with Gasteiger partial charge in [-0.15, -0.1) is 0 Å². The van der Waals surface area contributed by atoms with Crippen LogP contribution in [0.15, 0.2) is 24.3 Å². The SMILES string of the molecule is CN(C)C(=O)NCCNC(=O)c1ccccc1C#CCN. The average molecular weight is 288 g/mol. The highest BCUT2D eigenvalue weighted by molar-refractivity contribution is 5.96. The zero-order valence-electron chi connectivity index (χ0n) is 12.3. The minimum Gasteiger partial charge on any atom is -0.350 e. The molecule has 6 heteroatoms. The maximum Gasteiger partial charge on any atom is 0.316 e. The number of nitrogens with zero attached hydrogens (tertiary/aromatic N) is 1. The first kappa shape index (κ1) is 16.5. The molecule has 0 saturated carbocycles. The second-order valence-electron chi connectivity index (χ2n) is 4.43. The summed E-state index contributed by atoms with van der Waals surface area (Å²) in [5, 5.41) is 5.40. The van der Waals surface area contributed by atoms with Crippen molar-refractivity contribution in [2.45, 2.75) is 0 Å². The van der Waals surface area contributed by atoms with Crippen LogP contribution in [0.25, 0.3) is 0 Å². The molecule has 0 heterocycles. The van der Waals surface area contributed by atoms with Crippen LogP contribution in [-0.4, -0.2) is 50.6 Å². The summed E-state index contributed by atoms with van der Waals surface area (Å²) < 4.78 is 0. The molecule has 1 aromatic rings. The van der Waals surface area contributed by atoms with Crippen molar-refractivity contribution in [3.8, 4) is 11.8 Å². The van der Waals surface area contributed by atoms with Gasteiger partial charge in [0.15, 0.2) is 0 Å². The van der Waals surface area contributed by atoms with Crippen LogP contribution in [0.2, 0.25) is 0 Å². The van der Waals surface area contributed by atoms with Crippen LogP contribution in [-0.2, 0) is 0 Å². The van der Waals surface area contributed by atoms with Gasteiger partial charge < -0.3 is 21.3 Å². The van der Waals surface area contributed by atoms with Crippen LogP contribution in [0.1, 0.15) is 15.9 Å². The molecule has 6 nitrogen and oxygen atoms in total. The van der Waals surface area contributed by atoms with Crippen molar-refractivity contribution in [2.75, 3.05) is 33.7 Å². The maximum absolute atomic E-state index is 12.1. The van der Waals surface area contributed by atoms with Crippen LogP contribution >= 0.6 is 0 Å². The summed E-state index contributed by atoms with van der Waals surface area (Å²) in [7, 11) is 3.31. The number of hydrogen-bond donors (Lipinski definition) is 3. The van der Waals surface area contributed by atoms with Gasteiger partial charge in [0.2, 0.25) is 0 Å². The molecule has 0 atom stereocenters. The lowest BCUT2D eigenvalue weighted by Gasteiger charge is -2.12. The molecule has 3 amide bonds. The molecule has 0 aliphatic rings. The van der Waals surface area contributed by atoms with E-state index in [9.17, 15) is 9.59 Å². The van der Waals surface area contributed by atoms with Gasteiger partial charge in [-0.1, -0.05) is 24.0 Å². The molecule has 0 bridgehead atoms. The monoisotopic (exact) mass is 288 g/mol. The molecule has 0 spiro atoms. The Balaban J connectivity index is 2.55. The lowest BCUT2D eigenvalue weighted by Crippen LogP contribution is -2.39. The third-order valence-corrected chi connectivity index (χ3v) is 2.59. The van der Waals surface area contributed by atoms with Gasteiger partial charge in [-0.25, -0.2) is 4.79 Å². The first-order chi connectivity index (χ1) is 10.1. The van der Waals surface area contributed by atoms with E-state index in [4.69, 9.17) is 5.73 Å². The number of nitrogens with two attached hydrogens (primary N) is 1. The summed E-state index contributed by atoms with van der Waals surface area (Å²) in [5.74, 6) is 5.37. The Bertz CT molecular complexity index is 558. The van der Waals surface area contributed by atoms with Crippen LogP contribution in [0.3, 0.4) is 0 Å². The number of carbonyl (C=O) groups is 2. The molecule has 1 rings (SSSR count). The quantitative estimate of drug-likeness (QED) is 0.538. The van der Waals surface area contributed by atoms with Crippen LogP contribution in [0.5, 0.6) is 0 Å². The van der Waals surface area contributed by atoms with Crippen molar-refractivity contribution in [3.63, 3.8) is 0 Å². The van der Waals surface area contributed by atoms with Gasteiger partial charge in [-0.2, -0.15) is 0 Å². The van der Waals surface area contributed by atoms with E-state index in [1.165, 1.54) is 4.90 Å². The Kier molecular flexibility index (Phi) is 6.78. The molecule has 0 aromatic heterocycles. The third kappa shape index (κ3) is 5.55. The second kappa shape index (κ2) is 8.61. The molecule has 4 N–H and O–H groups in total. The van der Waals surface area contributed by atoms with Crippen molar-refractivity contribution in [1.82, 2.24) is 15.5 Å². The number of urea groups is 1. The number of benzene rings is 1. The van der Waals surface area contributed by atoms with Crippen LogP contribution in [0, 0.1) is 11.8 Å². The Morgan fingerprint density at radius 1 is 1.19 bits per heavy atom. The molecule has 0 aliphatic heterocycles. The lowest BCUT2D eigenvalue weighted by molar-refractivity contribution is 0.0953. The van der Waals surface area contributed by atoms with Crippen molar-refractivity contribution in [3.05, 3.63) is 35.4 Å². The molecule has 112 valence electrons. The van der Waals surface area contributed by atoms with Crippen molar-refractivity contribution >= 4 is 11.9 Å². The predicted molar refractivity (Wildman–Crippen MR) is 81.8 cm³/mol. The summed E-state index contributed by atoms with van der Waals surface area (Å²) in [4.78, 5) is 24.8. The Morgan fingerprint density at radius 2 is 1.86 bits per heavy atom. The predicted octanol–water partition coefficient (Wildman–Crippen LogP) is -0.00220. The van der Waals surface area contributed by atoms with Gasteiger partial charge in [0.05, 0.1) is 12.1 Å². The molecule has 0 aliphatic carbocycles. The second-order valence-corrected chi connectivity index (χ2v) is 4.43. The van der Waals surface area contributed by atoms with E-state index in [2.05, 4.69) is 22.5 Å². The number of amides is 3. The smallest absolute Gasteiger partial charge is 0.316 e. The normalized spacial score (nSPS) is 9.29. The van der Waals surface area contributed by atoms with Crippen molar-refractivity contribution in [2.24, 2.45) is 5.73 Å². The fourth-order valence-electron chi connectivity index (χ4n) is 1.54. The largest absolute Gasteiger partial charge is 0.350 e. The highest BCUT2D eigenvalue weighted by Gasteiger charge is 2.09. The van der Waals surface area contributed by atoms with Gasteiger partial charge in [0.1, 0.15) is 0 Å². The first-order valence-electron chi connectivity index (χ1n) is 6.57. The molecule has 1 aromatic carbocycles. The minimum absolute atomic E-state index is 0.196. The molecular formula is C15H20N4O2. The number of nitrogens with one attached hydrogen (secondary N) is 2. The number of hydrogen-bond acceptors (Lipinski definition) is 3. The van der Waals surface area contributed by atoms with Crippen LogP contribution in [0.4, 0.5) is 4.79 Å². The van der Waals surface area contributed by atoms with Crippen molar-refractivity contribution < 1.29 is 9.59 Å². The van der Waals surface area contributed by atoms with Gasteiger partial charge in [0.25, 0.3) is 5.91 Å². The number of rotatable bonds is 4. The van der Waals surface area contributed by atoms with Crippen molar-refractivity contribution in [1.29, 1.82) is 0 Å². The highest BCUT2D eigenvalue weighted by Crippen LogP contribution is 2.06. The maximum atomic E-state index is 12.1. The fourth-order valence-corrected chi connectivity index (χ4v) is 1.54. The van der Waals surface area contributed by atoms with Gasteiger partial charge in [-0.3, -0.25) is 4.79 Å². The molecule has 0 fully saturated rings. The van der Waals surface area contributed by atoms with E-state index in [1.807, 2.05) is 6.07 Å². The van der Waals surface area contributed by atoms with E-state index >= 15 is 0 Å². The summed E-state index contributed by atoms with van der Waals surface area (Å²) in [6.07, 6.45) is 0. The van der Waals surface area contributed by atoms with Gasteiger partial charge in [0, 0.05) is 32.7 Å². The van der Waals surface area contributed by atoms with Gasteiger partial charge >= 0.3 is 6.03 Å². The van der Waals surface area contributed by atoms with E-state index in [-0.39, 0.29) is 18.5 Å². The third-order valence-electron chi connectivity index (χ3n) is 2.59. The minimum atomic E-state index is -0.226. The first-order valence-corrected chi connectivity index (χ1v) is 6.57. The Labute approximate surface area is 124 Å². The van der Waals surface area contributed by atoms with E-state index in [0.717, 1.165) is 0 Å². The van der Waals surface area contributed by atoms with Crippen LogP contribution < -0.4 is 16.4 Å². The summed E-state index contributed by atoms with van der Waals surface area (Å²) in [5.41, 5.74) is 6.47. The summed E-state index contributed by atoms with van der Waals surface area (Å²) in [6.45, 7) is 0.947. The molecule has 0 radical (unpaired) electrons. The molecule has 0 unspecified atom stereocenters. The summed E-state index contributed by atoms with van der Waals surface area (Å²) >= 11 is 0. The Hall–Kier alpha value is -2.52. The summed E-state index contributed by atoms with van der Waals surface area (Å²) in [6, 6.07) is 6.86. The average Bonchev–Trinajstić information content (AvgIpc) is 2.49. The molecular weight excluding hydrogens is 268 g/mol. The zero-order chi connectivity index (χ0) is 15.7. The van der Waals surface area contributed by atoms with Gasteiger partial charge in [-0.05, 0) is 12.1 Å². The van der Waals surface area contributed by atoms with E-state index in [1.54, 1.807) is 32.3 Å². The fraction of sp³-hybridized carbons (Fsp3) is 0.333. The number of carbonyl (C=O) groups excluding carboxylic acids is 2. The molecule has 21 heavy (non-hydrogen) atoms. The standard InChI is InChI=1S/C15H20N4O2/c1-19(2)15(21)18-11-10-17-14(20)13-8-4-3-6-12(13)7-5-9-16/h3-4,6,8H,9-11,16H2,1-2H3,(H,17,20)(H,18,21). The topological polar surface area (TPSA) is 87.5 Å². The lowest BCUT2D eigenvalue weighted by atomic mass is 10.1. The Morgan fingerprint density at radius 3 is 2.52 bits per heavy atom. The zero-order valence-corrected chi connectivity index (χ0v) is 12.3.